The van der Waals surface area contributed by atoms with Gasteiger partial charge < -0.3 is 9.97 Å². The van der Waals surface area contributed by atoms with Crippen LogP contribution in [-0.2, 0) is 25.5 Å². The Morgan fingerprint density at radius 1 is 0.788 bits per heavy atom. The number of halogens is 1. The van der Waals surface area contributed by atoms with Crippen molar-refractivity contribution in [3.8, 4) is 33.6 Å². The fourth-order valence-corrected chi connectivity index (χ4v) is 10.5. The second-order valence-corrected chi connectivity index (χ2v) is 21.6. The van der Waals surface area contributed by atoms with Crippen molar-refractivity contribution in [3.63, 3.8) is 0 Å². The molecular formula is C46H45FIrN2SSi-2. The normalized spacial score (nSPS) is 13.5. The molecule has 1 fully saturated rings. The number of nitrogens with zero attached hydrogens (tertiary/aromatic N) is 2. The maximum Gasteiger partial charge on any atom is 0.131 e. The second kappa shape index (κ2) is 15.7. The molecule has 7 aromatic rings. The number of fused-ring (bicyclic) bond motifs is 3. The van der Waals surface area contributed by atoms with Gasteiger partial charge in [-0.1, -0.05) is 99.7 Å². The number of rotatable bonds is 6. The van der Waals surface area contributed by atoms with Gasteiger partial charge in [-0.2, -0.15) is 11.3 Å². The number of aromatic nitrogens is 2. The molecular weight excluding hydrogens is 852 g/mol. The molecule has 2 nitrogen and oxygen atoms in total. The van der Waals surface area contributed by atoms with E-state index >= 15 is 0 Å². The van der Waals surface area contributed by atoms with Crippen LogP contribution in [0.1, 0.15) is 50.7 Å². The molecule has 1 radical (unpaired) electrons. The maximum atomic E-state index is 14.7. The zero-order valence-corrected chi connectivity index (χ0v) is 35.0. The molecule has 8 rings (SSSR count). The summed E-state index contributed by atoms with van der Waals surface area (Å²) in [5.41, 5.74) is 8.43. The van der Waals surface area contributed by atoms with Crippen LogP contribution in [0.5, 0.6) is 0 Å². The fourth-order valence-electron chi connectivity index (χ4n) is 7.73. The van der Waals surface area contributed by atoms with E-state index in [1.807, 2.05) is 48.7 Å². The van der Waals surface area contributed by atoms with Gasteiger partial charge in [0.05, 0.1) is 8.07 Å². The Morgan fingerprint density at radius 2 is 1.52 bits per heavy atom. The van der Waals surface area contributed by atoms with Gasteiger partial charge >= 0.3 is 0 Å². The quantitative estimate of drug-likeness (QED) is 0.123. The van der Waals surface area contributed by atoms with Crippen molar-refractivity contribution in [2.45, 2.75) is 71.5 Å². The zero-order chi connectivity index (χ0) is 35.8. The van der Waals surface area contributed by atoms with E-state index in [0.29, 0.717) is 5.56 Å². The van der Waals surface area contributed by atoms with Crippen molar-refractivity contribution in [1.29, 1.82) is 0 Å². The van der Waals surface area contributed by atoms with E-state index in [4.69, 9.17) is 4.98 Å². The van der Waals surface area contributed by atoms with Crippen LogP contribution in [0, 0.1) is 30.8 Å². The first-order chi connectivity index (χ1) is 24.5. The van der Waals surface area contributed by atoms with Crippen LogP contribution >= 0.6 is 11.3 Å². The summed E-state index contributed by atoms with van der Waals surface area (Å²) in [5.74, 6) is 0.527. The summed E-state index contributed by atoms with van der Waals surface area (Å²) in [4.78, 5) is 9.31. The Morgan fingerprint density at radius 3 is 2.23 bits per heavy atom. The molecule has 6 heteroatoms. The first kappa shape index (κ1) is 37.9. The largest absolute Gasteiger partial charge is 0.305 e. The van der Waals surface area contributed by atoms with Crippen molar-refractivity contribution in [1.82, 2.24) is 9.97 Å². The van der Waals surface area contributed by atoms with Crippen molar-refractivity contribution < 1.29 is 24.5 Å². The molecule has 0 unspecified atom stereocenters. The second-order valence-electron chi connectivity index (χ2n) is 15.4. The van der Waals surface area contributed by atoms with Crippen LogP contribution in [0.3, 0.4) is 0 Å². The molecule has 3 aromatic heterocycles. The predicted molar refractivity (Wildman–Crippen MR) is 218 cm³/mol. The van der Waals surface area contributed by atoms with E-state index in [0.717, 1.165) is 54.2 Å². The SMILES string of the molecule is CC(C)(c1ccnc(-c2[c-]cc3sc4cccc(-c5ccccc5F)c4c3c2)c1)C1CCCC1.Cc1cc(-c2[c-]cccc2)ncc1[Si](C)(C)C.[Ir]. The number of benzene rings is 4. The van der Waals surface area contributed by atoms with E-state index in [-0.39, 0.29) is 31.3 Å². The van der Waals surface area contributed by atoms with Crippen LogP contribution in [0.15, 0.2) is 109 Å². The molecule has 1 aliphatic rings. The Bertz CT molecular complexity index is 2320. The molecule has 4 aromatic carbocycles. The van der Waals surface area contributed by atoms with Crippen molar-refractivity contribution in [3.05, 3.63) is 139 Å². The molecule has 0 N–H and O–H groups in total. The van der Waals surface area contributed by atoms with Gasteiger partial charge in [0.1, 0.15) is 5.82 Å². The molecule has 0 amide bonds. The van der Waals surface area contributed by atoms with E-state index in [9.17, 15) is 4.39 Å². The Hall–Kier alpha value is -3.80. The molecule has 1 aliphatic carbocycles. The molecule has 3 heterocycles. The molecule has 0 spiro atoms. The van der Waals surface area contributed by atoms with E-state index in [1.54, 1.807) is 17.4 Å². The van der Waals surface area contributed by atoms with Crippen molar-refractivity contribution in [2.75, 3.05) is 0 Å². The minimum Gasteiger partial charge on any atom is -0.305 e. The Labute approximate surface area is 327 Å². The smallest absolute Gasteiger partial charge is 0.131 e. The van der Waals surface area contributed by atoms with Gasteiger partial charge in [0, 0.05) is 42.8 Å². The zero-order valence-electron chi connectivity index (χ0n) is 30.8. The van der Waals surface area contributed by atoms with Gasteiger partial charge in [-0.25, -0.2) is 4.39 Å². The molecule has 267 valence electrons. The summed E-state index contributed by atoms with van der Waals surface area (Å²) in [5, 5.41) is 3.68. The standard InChI is InChI=1S/C31H27FNS.C15H18NSi.Ir/c1-31(2,21-8-3-4-9-21)22-16-17-33-27(19-22)20-14-15-28-25(18-20)30-24(11-7-13-29(30)34-28)23-10-5-6-12-26(23)32;1-12-10-14(13-8-6-5-7-9-13)16-11-15(12)17(2,3)4;/h5-7,10-13,15-19,21H,3-4,8-9H2,1-2H3;5-8,10-11H,1-4H3;/q2*-1;. The summed E-state index contributed by atoms with van der Waals surface area (Å²) in [7, 11) is -1.27. The monoisotopic (exact) mass is 897 g/mol. The van der Waals surface area contributed by atoms with E-state index < -0.39 is 8.07 Å². The van der Waals surface area contributed by atoms with Crippen LogP contribution in [0.4, 0.5) is 4.39 Å². The van der Waals surface area contributed by atoms with Crippen LogP contribution in [0.25, 0.3) is 53.8 Å². The topological polar surface area (TPSA) is 25.8 Å². The number of thiophene rings is 1. The third-order valence-electron chi connectivity index (χ3n) is 10.7. The predicted octanol–water partition coefficient (Wildman–Crippen LogP) is 12.6. The van der Waals surface area contributed by atoms with Crippen LogP contribution in [-0.4, -0.2) is 18.0 Å². The molecule has 0 aliphatic heterocycles. The molecule has 0 saturated heterocycles. The van der Waals surface area contributed by atoms with Crippen molar-refractivity contribution >= 4 is 44.8 Å². The summed E-state index contributed by atoms with van der Waals surface area (Å²) in [6, 6.07) is 38.7. The third kappa shape index (κ3) is 7.77. The Balaban J connectivity index is 0.000000218. The van der Waals surface area contributed by atoms with Gasteiger partial charge in [-0.05, 0) is 87.1 Å². The number of hydrogen-bond acceptors (Lipinski definition) is 3. The molecule has 0 atom stereocenters. The molecule has 1 saturated carbocycles. The maximum absolute atomic E-state index is 14.7. The summed E-state index contributed by atoms with van der Waals surface area (Å²) >= 11 is 1.73. The number of aryl methyl sites for hydroxylation is 1. The van der Waals surface area contributed by atoms with E-state index in [1.165, 1.54) is 48.1 Å². The summed E-state index contributed by atoms with van der Waals surface area (Å²) < 4.78 is 17.0. The van der Waals surface area contributed by atoms with Gasteiger partial charge in [-0.15, -0.1) is 59.7 Å². The minimum absolute atomic E-state index is 0. The fraction of sp³-hybridized carbons (Fsp3) is 0.261. The average Bonchev–Trinajstić information content (AvgIpc) is 3.81. The third-order valence-corrected chi connectivity index (χ3v) is 13.9. The Kier molecular flexibility index (Phi) is 11.4. The average molecular weight is 897 g/mol. The molecule has 52 heavy (non-hydrogen) atoms. The molecule has 0 bridgehead atoms. The number of pyridine rings is 2. The van der Waals surface area contributed by atoms with Gasteiger partial charge in [-0.3, -0.25) is 0 Å². The van der Waals surface area contributed by atoms with Crippen LogP contribution in [0.2, 0.25) is 19.6 Å². The first-order valence-corrected chi connectivity index (χ1v) is 22.4. The van der Waals surface area contributed by atoms with Crippen LogP contribution < -0.4 is 5.19 Å². The van der Waals surface area contributed by atoms with Gasteiger partial charge in [0.15, 0.2) is 0 Å². The van der Waals surface area contributed by atoms with Gasteiger partial charge in [0.25, 0.3) is 0 Å². The summed E-state index contributed by atoms with van der Waals surface area (Å²) in [6.07, 6.45) is 9.29. The summed E-state index contributed by atoms with van der Waals surface area (Å²) in [6.45, 7) is 14.0. The van der Waals surface area contributed by atoms with Gasteiger partial charge in [0.2, 0.25) is 0 Å². The first-order valence-electron chi connectivity index (χ1n) is 18.0. The minimum atomic E-state index is -1.27. The van der Waals surface area contributed by atoms with Crippen molar-refractivity contribution in [2.24, 2.45) is 5.92 Å². The number of hydrogen-bond donors (Lipinski definition) is 0. The van der Waals surface area contributed by atoms with E-state index in [2.05, 4.69) is 106 Å².